The van der Waals surface area contributed by atoms with E-state index in [1.807, 2.05) is 37.6 Å². The third-order valence-corrected chi connectivity index (χ3v) is 4.57. The first kappa shape index (κ1) is 14.6. The summed E-state index contributed by atoms with van der Waals surface area (Å²) < 4.78 is 3.35. The third kappa shape index (κ3) is 2.37. The monoisotopic (exact) mass is 338 g/mol. The lowest BCUT2D eigenvalue weighted by molar-refractivity contribution is 0.102. The summed E-state index contributed by atoms with van der Waals surface area (Å²) in [5.41, 5.74) is 3.30. The summed E-state index contributed by atoms with van der Waals surface area (Å²) in [6.07, 6.45) is 5.00. The van der Waals surface area contributed by atoms with Crippen molar-refractivity contribution in [3.63, 3.8) is 0 Å². The van der Waals surface area contributed by atoms with E-state index in [2.05, 4.69) is 20.5 Å². The van der Waals surface area contributed by atoms with Gasteiger partial charge in [0.25, 0.3) is 5.91 Å². The SMILES string of the molecule is Cc1nn(C)cc1NC(=O)c1cnn2c(-c3cccs3)ccnc12. The second kappa shape index (κ2) is 5.57. The van der Waals surface area contributed by atoms with E-state index in [9.17, 15) is 4.79 Å². The second-order valence-electron chi connectivity index (χ2n) is 5.36. The number of nitrogens with zero attached hydrogens (tertiary/aromatic N) is 5. The Morgan fingerprint density at radius 3 is 2.92 bits per heavy atom. The van der Waals surface area contributed by atoms with Gasteiger partial charge < -0.3 is 5.32 Å². The van der Waals surface area contributed by atoms with Gasteiger partial charge in [0, 0.05) is 19.4 Å². The molecule has 0 saturated carbocycles. The van der Waals surface area contributed by atoms with Crippen molar-refractivity contribution in [3.8, 4) is 10.6 Å². The molecule has 4 aromatic rings. The van der Waals surface area contributed by atoms with Crippen molar-refractivity contribution in [2.24, 2.45) is 7.05 Å². The minimum absolute atomic E-state index is 0.253. The predicted octanol–water partition coefficient (Wildman–Crippen LogP) is 2.75. The fraction of sp³-hybridized carbons (Fsp3) is 0.125. The van der Waals surface area contributed by atoms with Crippen LogP contribution in [0.25, 0.3) is 16.2 Å². The van der Waals surface area contributed by atoms with Crippen LogP contribution >= 0.6 is 11.3 Å². The molecule has 0 aliphatic carbocycles. The van der Waals surface area contributed by atoms with Gasteiger partial charge in [0.1, 0.15) is 5.56 Å². The number of aromatic nitrogens is 5. The van der Waals surface area contributed by atoms with E-state index in [0.29, 0.717) is 16.9 Å². The number of carbonyl (C=O) groups is 1. The van der Waals surface area contributed by atoms with Crippen LogP contribution < -0.4 is 5.32 Å². The minimum atomic E-state index is -0.253. The molecule has 0 aromatic carbocycles. The number of amides is 1. The van der Waals surface area contributed by atoms with Crippen molar-refractivity contribution >= 4 is 28.6 Å². The summed E-state index contributed by atoms with van der Waals surface area (Å²) in [5.74, 6) is -0.253. The first-order chi connectivity index (χ1) is 11.6. The van der Waals surface area contributed by atoms with Crippen molar-refractivity contribution in [2.75, 3.05) is 5.32 Å². The van der Waals surface area contributed by atoms with E-state index >= 15 is 0 Å². The highest BCUT2D eigenvalue weighted by atomic mass is 32.1. The summed E-state index contributed by atoms with van der Waals surface area (Å²) in [5, 5.41) is 13.4. The lowest BCUT2D eigenvalue weighted by Crippen LogP contribution is -2.12. The van der Waals surface area contributed by atoms with Gasteiger partial charge in [-0.05, 0) is 24.4 Å². The Labute approximate surface area is 141 Å². The average Bonchev–Trinajstić information content (AvgIpc) is 3.27. The Hall–Kier alpha value is -3.00. The van der Waals surface area contributed by atoms with E-state index in [-0.39, 0.29) is 5.91 Å². The molecule has 0 atom stereocenters. The summed E-state index contributed by atoms with van der Waals surface area (Å²) >= 11 is 1.62. The van der Waals surface area contributed by atoms with Gasteiger partial charge in [-0.1, -0.05) is 6.07 Å². The quantitative estimate of drug-likeness (QED) is 0.623. The molecule has 7 nitrogen and oxygen atoms in total. The van der Waals surface area contributed by atoms with Gasteiger partial charge in [-0.2, -0.15) is 10.2 Å². The molecule has 0 saturated heterocycles. The maximum atomic E-state index is 12.6. The van der Waals surface area contributed by atoms with E-state index in [0.717, 1.165) is 16.3 Å². The van der Waals surface area contributed by atoms with Gasteiger partial charge in [0.15, 0.2) is 5.65 Å². The van der Waals surface area contributed by atoms with Gasteiger partial charge in [0.05, 0.1) is 28.1 Å². The molecule has 0 spiro atoms. The number of anilines is 1. The van der Waals surface area contributed by atoms with E-state index in [4.69, 9.17) is 0 Å². The van der Waals surface area contributed by atoms with Crippen molar-refractivity contribution in [1.82, 2.24) is 24.4 Å². The first-order valence-corrected chi connectivity index (χ1v) is 8.19. The molecular formula is C16H14N6OS. The summed E-state index contributed by atoms with van der Waals surface area (Å²) in [6.45, 7) is 1.85. The Morgan fingerprint density at radius 1 is 1.33 bits per heavy atom. The smallest absolute Gasteiger partial charge is 0.261 e. The van der Waals surface area contributed by atoms with Gasteiger partial charge in [0.2, 0.25) is 0 Å². The zero-order valence-corrected chi connectivity index (χ0v) is 13.9. The molecule has 4 rings (SSSR count). The van der Waals surface area contributed by atoms with Crippen LogP contribution in [0.1, 0.15) is 16.1 Å². The number of thiophene rings is 1. The van der Waals surface area contributed by atoms with Crippen LogP contribution in [0.4, 0.5) is 5.69 Å². The molecule has 24 heavy (non-hydrogen) atoms. The maximum absolute atomic E-state index is 12.6. The highest BCUT2D eigenvalue weighted by molar-refractivity contribution is 7.13. The summed E-state index contributed by atoms with van der Waals surface area (Å²) in [4.78, 5) is 18.0. The zero-order valence-electron chi connectivity index (χ0n) is 13.1. The normalized spacial score (nSPS) is 11.1. The van der Waals surface area contributed by atoms with Crippen LogP contribution in [0.3, 0.4) is 0 Å². The molecule has 0 fully saturated rings. The van der Waals surface area contributed by atoms with Crippen LogP contribution in [-0.2, 0) is 7.05 Å². The number of hydrogen-bond donors (Lipinski definition) is 1. The van der Waals surface area contributed by atoms with Crippen LogP contribution in [0, 0.1) is 6.92 Å². The Morgan fingerprint density at radius 2 is 2.21 bits per heavy atom. The third-order valence-electron chi connectivity index (χ3n) is 3.68. The van der Waals surface area contributed by atoms with Crippen molar-refractivity contribution in [2.45, 2.75) is 6.92 Å². The number of rotatable bonds is 3. The van der Waals surface area contributed by atoms with E-state index in [1.54, 1.807) is 39.1 Å². The molecular weight excluding hydrogens is 324 g/mol. The molecule has 4 heterocycles. The lowest BCUT2D eigenvalue weighted by atomic mass is 10.3. The van der Waals surface area contributed by atoms with E-state index < -0.39 is 0 Å². The first-order valence-electron chi connectivity index (χ1n) is 7.31. The zero-order chi connectivity index (χ0) is 16.7. The number of nitrogens with one attached hydrogen (secondary N) is 1. The van der Waals surface area contributed by atoms with Crippen molar-refractivity contribution in [3.05, 3.63) is 53.4 Å². The van der Waals surface area contributed by atoms with Gasteiger partial charge in [-0.3, -0.25) is 9.48 Å². The summed E-state index contributed by atoms with van der Waals surface area (Å²) in [6, 6.07) is 5.88. The molecule has 0 radical (unpaired) electrons. The van der Waals surface area contributed by atoms with Gasteiger partial charge in [-0.25, -0.2) is 9.50 Å². The summed E-state index contributed by atoms with van der Waals surface area (Å²) in [7, 11) is 1.81. The number of carbonyl (C=O) groups excluding carboxylic acids is 1. The molecule has 0 aliphatic rings. The Kier molecular flexibility index (Phi) is 3.39. The average molecular weight is 338 g/mol. The van der Waals surface area contributed by atoms with Crippen LogP contribution in [0.5, 0.6) is 0 Å². The van der Waals surface area contributed by atoms with Crippen LogP contribution in [0.2, 0.25) is 0 Å². The van der Waals surface area contributed by atoms with Gasteiger partial charge in [-0.15, -0.1) is 11.3 Å². The fourth-order valence-corrected chi connectivity index (χ4v) is 3.31. The number of hydrogen-bond acceptors (Lipinski definition) is 5. The fourth-order valence-electron chi connectivity index (χ4n) is 2.57. The van der Waals surface area contributed by atoms with Crippen molar-refractivity contribution < 1.29 is 4.79 Å². The Bertz CT molecular complexity index is 1030. The molecule has 1 N–H and O–H groups in total. The van der Waals surface area contributed by atoms with Crippen molar-refractivity contribution in [1.29, 1.82) is 0 Å². The second-order valence-corrected chi connectivity index (χ2v) is 6.30. The predicted molar refractivity (Wildman–Crippen MR) is 92.2 cm³/mol. The molecule has 0 aliphatic heterocycles. The standard InChI is InChI=1S/C16H14N6OS/c1-10-12(9-21(2)20-10)19-16(23)11-8-18-22-13(5-6-17-15(11)22)14-4-3-7-24-14/h3-9H,1-2H3,(H,19,23). The molecule has 8 heteroatoms. The van der Waals surface area contributed by atoms with E-state index in [1.165, 1.54) is 0 Å². The molecule has 1 amide bonds. The van der Waals surface area contributed by atoms with Crippen LogP contribution in [0.15, 0.2) is 42.2 Å². The largest absolute Gasteiger partial charge is 0.319 e. The molecule has 120 valence electrons. The lowest BCUT2D eigenvalue weighted by Gasteiger charge is -2.03. The highest BCUT2D eigenvalue weighted by Gasteiger charge is 2.18. The topological polar surface area (TPSA) is 77.1 Å². The minimum Gasteiger partial charge on any atom is -0.319 e. The maximum Gasteiger partial charge on any atom is 0.261 e. The van der Waals surface area contributed by atoms with Crippen LogP contribution in [-0.4, -0.2) is 30.3 Å². The van der Waals surface area contributed by atoms with Gasteiger partial charge >= 0.3 is 0 Å². The molecule has 4 aromatic heterocycles. The highest BCUT2D eigenvalue weighted by Crippen LogP contribution is 2.25. The Balaban J connectivity index is 1.74. The molecule has 0 bridgehead atoms. The number of aryl methyl sites for hydroxylation is 2. The number of fused-ring (bicyclic) bond motifs is 1. The molecule has 0 unspecified atom stereocenters.